The summed E-state index contributed by atoms with van der Waals surface area (Å²) in [6, 6.07) is 24.6. The number of fused-ring (bicyclic) bond motifs is 2. The number of phenols is 1. The van der Waals surface area contributed by atoms with E-state index in [4.69, 9.17) is 4.74 Å². The summed E-state index contributed by atoms with van der Waals surface area (Å²) in [5.41, 5.74) is 0.563. The Morgan fingerprint density at radius 3 is 2.31 bits per heavy atom. The van der Waals surface area contributed by atoms with Gasteiger partial charge in [-0.25, -0.2) is 4.79 Å². The topological polar surface area (TPSA) is 46.5 Å². The lowest BCUT2D eigenvalue weighted by Gasteiger charge is -2.08. The first kappa shape index (κ1) is 15.9. The Labute approximate surface area is 150 Å². The summed E-state index contributed by atoms with van der Waals surface area (Å²) in [4.78, 5) is 12.2. The van der Waals surface area contributed by atoms with Gasteiger partial charge in [0.1, 0.15) is 11.5 Å². The minimum absolute atomic E-state index is 0.119. The van der Waals surface area contributed by atoms with Crippen LogP contribution in [0.25, 0.3) is 27.6 Å². The van der Waals surface area contributed by atoms with Gasteiger partial charge >= 0.3 is 5.97 Å². The van der Waals surface area contributed by atoms with Gasteiger partial charge in [-0.15, -0.1) is 0 Å². The Bertz CT molecular complexity index is 1140. The molecule has 4 aromatic rings. The van der Waals surface area contributed by atoms with Gasteiger partial charge in [-0.05, 0) is 46.5 Å². The number of hydrogen-bond donors (Lipinski definition) is 1. The fourth-order valence-electron chi connectivity index (χ4n) is 2.96. The van der Waals surface area contributed by atoms with Gasteiger partial charge in [-0.3, -0.25) is 0 Å². The van der Waals surface area contributed by atoms with E-state index < -0.39 is 5.97 Å². The van der Waals surface area contributed by atoms with Crippen molar-refractivity contribution in [3.63, 3.8) is 0 Å². The van der Waals surface area contributed by atoms with Crippen molar-refractivity contribution in [3.05, 3.63) is 90.5 Å². The van der Waals surface area contributed by atoms with Crippen molar-refractivity contribution in [2.24, 2.45) is 0 Å². The minimum atomic E-state index is -0.492. The molecule has 0 saturated carbocycles. The van der Waals surface area contributed by atoms with Crippen molar-refractivity contribution in [2.75, 3.05) is 0 Å². The van der Waals surface area contributed by atoms with Crippen molar-refractivity contribution < 1.29 is 14.6 Å². The van der Waals surface area contributed by atoms with Crippen LogP contribution in [0, 0.1) is 0 Å². The Hall–Kier alpha value is -3.59. The maximum atomic E-state index is 12.2. The predicted molar refractivity (Wildman–Crippen MR) is 104 cm³/mol. The second-order valence-corrected chi connectivity index (χ2v) is 5.99. The molecular formula is C23H16O3. The maximum Gasteiger partial charge on any atom is 0.336 e. The van der Waals surface area contributed by atoms with E-state index in [1.165, 1.54) is 12.2 Å². The molecule has 126 valence electrons. The molecular weight excluding hydrogens is 324 g/mol. The molecule has 4 rings (SSSR count). The predicted octanol–water partition coefficient (Wildman–Crippen LogP) is 5.32. The number of aromatic hydroxyl groups is 1. The van der Waals surface area contributed by atoms with E-state index in [1.807, 2.05) is 36.4 Å². The standard InChI is InChI=1S/C23H16O3/c24-21-10-4-3-6-16(21)12-13-23(25)26-22-11-5-9-19-14-17-7-1-2-8-18(17)15-20(19)22/h1-15,24H. The highest BCUT2D eigenvalue weighted by molar-refractivity contribution is 6.02. The van der Waals surface area contributed by atoms with E-state index in [0.717, 1.165) is 21.5 Å². The largest absolute Gasteiger partial charge is 0.507 e. The highest BCUT2D eigenvalue weighted by Crippen LogP contribution is 2.30. The molecule has 0 aromatic heterocycles. The molecule has 3 nitrogen and oxygen atoms in total. The van der Waals surface area contributed by atoms with E-state index in [-0.39, 0.29) is 5.75 Å². The summed E-state index contributed by atoms with van der Waals surface area (Å²) in [6.07, 6.45) is 2.85. The van der Waals surface area contributed by atoms with E-state index >= 15 is 0 Å². The first-order chi connectivity index (χ1) is 12.7. The zero-order valence-electron chi connectivity index (χ0n) is 13.9. The van der Waals surface area contributed by atoms with Crippen LogP contribution in [-0.4, -0.2) is 11.1 Å². The molecule has 0 atom stereocenters. The molecule has 1 N–H and O–H groups in total. The summed E-state index contributed by atoms with van der Waals surface area (Å²) < 4.78 is 5.53. The summed E-state index contributed by atoms with van der Waals surface area (Å²) >= 11 is 0. The Morgan fingerprint density at radius 2 is 1.50 bits per heavy atom. The molecule has 0 unspecified atom stereocenters. The third-order valence-corrected chi connectivity index (χ3v) is 4.25. The molecule has 26 heavy (non-hydrogen) atoms. The van der Waals surface area contributed by atoms with Crippen LogP contribution in [0.5, 0.6) is 11.5 Å². The van der Waals surface area contributed by atoms with Crippen molar-refractivity contribution in [2.45, 2.75) is 0 Å². The quantitative estimate of drug-likeness (QED) is 0.238. The van der Waals surface area contributed by atoms with Crippen molar-refractivity contribution in [3.8, 4) is 11.5 Å². The first-order valence-corrected chi connectivity index (χ1v) is 8.30. The van der Waals surface area contributed by atoms with Gasteiger partial charge in [0.05, 0.1) is 0 Å². The van der Waals surface area contributed by atoms with Gasteiger partial charge < -0.3 is 9.84 Å². The van der Waals surface area contributed by atoms with Gasteiger partial charge in [0.2, 0.25) is 0 Å². The molecule has 0 spiro atoms. The van der Waals surface area contributed by atoms with Gasteiger partial charge in [0.15, 0.2) is 0 Å². The number of ether oxygens (including phenoxy) is 1. The van der Waals surface area contributed by atoms with Crippen molar-refractivity contribution in [1.29, 1.82) is 0 Å². The Kier molecular flexibility index (Phi) is 4.12. The molecule has 0 saturated heterocycles. The van der Waals surface area contributed by atoms with Gasteiger partial charge in [0, 0.05) is 17.0 Å². The molecule has 0 fully saturated rings. The lowest BCUT2D eigenvalue weighted by atomic mass is 10.0. The van der Waals surface area contributed by atoms with E-state index in [2.05, 4.69) is 12.1 Å². The third kappa shape index (κ3) is 3.15. The lowest BCUT2D eigenvalue weighted by molar-refractivity contribution is -0.128. The third-order valence-electron chi connectivity index (χ3n) is 4.25. The van der Waals surface area contributed by atoms with E-state index in [9.17, 15) is 9.90 Å². The average molecular weight is 340 g/mol. The van der Waals surface area contributed by atoms with Crippen LogP contribution in [0.2, 0.25) is 0 Å². The molecule has 0 aliphatic rings. The second-order valence-electron chi connectivity index (χ2n) is 5.99. The van der Waals surface area contributed by atoms with E-state index in [0.29, 0.717) is 11.3 Å². The molecule has 0 amide bonds. The smallest absolute Gasteiger partial charge is 0.336 e. The molecule has 4 aromatic carbocycles. The number of esters is 1. The van der Waals surface area contributed by atoms with Gasteiger partial charge in [-0.2, -0.15) is 0 Å². The van der Waals surface area contributed by atoms with E-state index in [1.54, 1.807) is 30.3 Å². The zero-order valence-corrected chi connectivity index (χ0v) is 13.9. The number of benzene rings is 4. The molecule has 0 heterocycles. The van der Waals surface area contributed by atoms with Crippen LogP contribution in [-0.2, 0) is 4.79 Å². The van der Waals surface area contributed by atoms with Gasteiger partial charge in [0.25, 0.3) is 0 Å². The Balaban J connectivity index is 1.65. The zero-order chi connectivity index (χ0) is 17.9. The van der Waals surface area contributed by atoms with Crippen LogP contribution in [0.1, 0.15) is 5.56 Å². The second kappa shape index (κ2) is 6.73. The van der Waals surface area contributed by atoms with Crippen LogP contribution in [0.4, 0.5) is 0 Å². The van der Waals surface area contributed by atoms with Crippen LogP contribution >= 0.6 is 0 Å². The summed E-state index contributed by atoms with van der Waals surface area (Å²) in [5.74, 6) is 0.141. The van der Waals surface area contributed by atoms with Crippen LogP contribution < -0.4 is 4.74 Å². The van der Waals surface area contributed by atoms with Crippen LogP contribution in [0.3, 0.4) is 0 Å². The number of rotatable bonds is 3. The molecule has 0 aliphatic heterocycles. The lowest BCUT2D eigenvalue weighted by Crippen LogP contribution is -2.04. The SMILES string of the molecule is O=C(C=Cc1ccccc1O)Oc1cccc2cc3ccccc3cc12. The fraction of sp³-hybridized carbons (Fsp3) is 0. The number of carbonyl (C=O) groups excluding carboxylic acids is 1. The van der Waals surface area contributed by atoms with Gasteiger partial charge in [-0.1, -0.05) is 54.6 Å². The molecule has 0 radical (unpaired) electrons. The minimum Gasteiger partial charge on any atom is -0.507 e. The number of phenolic OH excluding ortho intramolecular Hbond substituents is 1. The molecule has 0 aliphatic carbocycles. The summed E-state index contributed by atoms with van der Waals surface area (Å²) in [6.45, 7) is 0. The number of hydrogen-bond acceptors (Lipinski definition) is 3. The number of para-hydroxylation sites is 1. The Morgan fingerprint density at radius 1 is 0.808 bits per heavy atom. The highest BCUT2D eigenvalue weighted by atomic mass is 16.5. The highest BCUT2D eigenvalue weighted by Gasteiger charge is 2.07. The monoisotopic (exact) mass is 340 g/mol. The fourth-order valence-corrected chi connectivity index (χ4v) is 2.96. The summed E-state index contributed by atoms with van der Waals surface area (Å²) in [7, 11) is 0. The summed E-state index contributed by atoms with van der Waals surface area (Å²) in [5, 5.41) is 13.9. The molecule has 3 heteroatoms. The molecule has 0 bridgehead atoms. The number of carbonyl (C=O) groups is 1. The van der Waals surface area contributed by atoms with Crippen molar-refractivity contribution in [1.82, 2.24) is 0 Å². The van der Waals surface area contributed by atoms with Crippen molar-refractivity contribution >= 4 is 33.6 Å². The average Bonchev–Trinajstić information content (AvgIpc) is 2.66. The maximum absolute atomic E-state index is 12.2. The normalized spacial score (nSPS) is 11.2. The first-order valence-electron chi connectivity index (χ1n) is 8.30. The van der Waals surface area contributed by atoms with Crippen LogP contribution in [0.15, 0.2) is 84.9 Å².